The molecule has 0 bridgehead atoms. The lowest BCUT2D eigenvalue weighted by Crippen LogP contribution is -2.41. The van der Waals surface area contributed by atoms with Crippen LogP contribution in [0, 0.1) is 0 Å². The Bertz CT molecular complexity index is 1080. The molecule has 0 unspecified atom stereocenters. The molecule has 1 amide bonds. The molecule has 3 aromatic rings. The average molecular weight is 440 g/mol. The fourth-order valence-electron chi connectivity index (χ4n) is 2.63. The highest BCUT2D eigenvalue weighted by molar-refractivity contribution is 7.17. The summed E-state index contributed by atoms with van der Waals surface area (Å²) in [6.07, 6.45) is 2.98. The van der Waals surface area contributed by atoms with Gasteiger partial charge in [-0.1, -0.05) is 18.2 Å². The zero-order chi connectivity index (χ0) is 22.2. The lowest BCUT2D eigenvalue weighted by atomic mass is 10.1. The van der Waals surface area contributed by atoms with Gasteiger partial charge in [0.1, 0.15) is 6.04 Å². The van der Waals surface area contributed by atoms with Crippen molar-refractivity contribution in [1.29, 1.82) is 0 Å². The van der Waals surface area contributed by atoms with Gasteiger partial charge in [0.05, 0.1) is 11.4 Å². The Balaban J connectivity index is 1.64. The van der Waals surface area contributed by atoms with Gasteiger partial charge in [-0.05, 0) is 35.4 Å². The Morgan fingerprint density at radius 3 is 2.61 bits per heavy atom. The normalized spacial score (nSPS) is 11.4. The predicted octanol–water partition coefficient (Wildman–Crippen LogP) is 1.27. The van der Waals surface area contributed by atoms with Gasteiger partial charge in [-0.3, -0.25) is 4.79 Å². The number of benzene rings is 1. The van der Waals surface area contributed by atoms with Crippen molar-refractivity contribution < 1.29 is 14.7 Å². The monoisotopic (exact) mass is 439 g/mol. The topological polar surface area (TPSA) is 169 Å². The molecule has 1 aromatic carbocycles. The van der Waals surface area contributed by atoms with Crippen LogP contribution in [0.15, 0.2) is 59.9 Å². The van der Waals surface area contributed by atoms with Gasteiger partial charge < -0.3 is 27.2 Å². The molecule has 0 spiro atoms. The third-order valence-electron chi connectivity index (χ3n) is 4.12. The highest BCUT2D eigenvalue weighted by Gasteiger charge is 2.20. The third kappa shape index (κ3) is 6.24. The zero-order valence-corrected chi connectivity index (χ0v) is 17.2. The molecule has 2 heterocycles. The Morgan fingerprint density at radius 2 is 1.90 bits per heavy atom. The Morgan fingerprint density at radius 1 is 1.13 bits per heavy atom. The lowest BCUT2D eigenvalue weighted by Gasteiger charge is -2.14. The average Bonchev–Trinajstić information content (AvgIpc) is 3.26. The van der Waals surface area contributed by atoms with Crippen LogP contribution < -0.4 is 22.1 Å². The van der Waals surface area contributed by atoms with E-state index in [1.165, 1.54) is 23.7 Å². The van der Waals surface area contributed by atoms with Crippen LogP contribution in [0.3, 0.4) is 0 Å². The number of amides is 1. The number of carboxylic acids is 1. The second kappa shape index (κ2) is 10.2. The second-order valence-corrected chi connectivity index (χ2v) is 7.51. The number of aromatic nitrogens is 2. The fourth-order valence-corrected chi connectivity index (χ4v) is 3.55. The van der Waals surface area contributed by atoms with Crippen molar-refractivity contribution >= 4 is 35.1 Å². The number of thiophene rings is 1. The summed E-state index contributed by atoms with van der Waals surface area (Å²) >= 11 is 1.30. The minimum atomic E-state index is -1.13. The third-order valence-corrected chi connectivity index (χ3v) is 5.25. The maximum atomic E-state index is 12.5. The molecular weight excluding hydrogens is 418 g/mol. The number of nitrogens with two attached hydrogens (primary N) is 2. The van der Waals surface area contributed by atoms with Gasteiger partial charge >= 0.3 is 5.97 Å². The van der Waals surface area contributed by atoms with Crippen LogP contribution in [-0.4, -0.2) is 45.5 Å². The molecule has 7 N–H and O–H groups in total. The Labute approximate surface area is 182 Å². The number of aliphatic imine (C=N–C) groups is 1. The molecule has 1 atom stereocenters. The van der Waals surface area contributed by atoms with E-state index in [1.807, 2.05) is 30.3 Å². The molecule has 0 fully saturated rings. The minimum Gasteiger partial charge on any atom is -0.480 e. The summed E-state index contributed by atoms with van der Waals surface area (Å²) < 4.78 is 0. The summed E-state index contributed by atoms with van der Waals surface area (Å²) in [4.78, 5) is 37.2. The van der Waals surface area contributed by atoms with Crippen LogP contribution in [0.25, 0.3) is 10.4 Å². The molecule has 2 aromatic heterocycles. The first kappa shape index (κ1) is 21.7. The van der Waals surface area contributed by atoms with Crippen LogP contribution in [-0.2, 0) is 11.3 Å². The van der Waals surface area contributed by atoms with E-state index in [0.717, 1.165) is 16.0 Å². The van der Waals surface area contributed by atoms with Crippen molar-refractivity contribution in [3.8, 4) is 10.4 Å². The van der Waals surface area contributed by atoms with Crippen LogP contribution in [0.1, 0.15) is 15.2 Å². The van der Waals surface area contributed by atoms with Crippen LogP contribution in [0.5, 0.6) is 0 Å². The van der Waals surface area contributed by atoms with Gasteiger partial charge in [0, 0.05) is 23.8 Å². The molecule has 0 saturated heterocycles. The molecule has 0 aliphatic carbocycles. The number of aliphatic carboxylic acids is 1. The summed E-state index contributed by atoms with van der Waals surface area (Å²) in [7, 11) is 0. The van der Waals surface area contributed by atoms with Crippen molar-refractivity contribution in [1.82, 2.24) is 15.3 Å². The van der Waals surface area contributed by atoms with E-state index in [4.69, 9.17) is 11.5 Å². The molecule has 160 valence electrons. The molecule has 0 saturated carbocycles. The van der Waals surface area contributed by atoms with Crippen molar-refractivity contribution in [2.24, 2.45) is 16.5 Å². The van der Waals surface area contributed by atoms with Crippen LogP contribution >= 0.6 is 11.3 Å². The molecule has 0 aliphatic heterocycles. The maximum Gasteiger partial charge on any atom is 0.328 e. The summed E-state index contributed by atoms with van der Waals surface area (Å²) in [6, 6.07) is 11.8. The summed E-state index contributed by atoms with van der Waals surface area (Å²) in [5.41, 5.74) is 12.6. The van der Waals surface area contributed by atoms with Crippen LogP contribution in [0.2, 0.25) is 0 Å². The SMILES string of the molecule is NC(N)=NCc1cccc(-c2ccc(C(=O)NC[C@H](Nc3ncccn3)C(=O)O)s2)c1. The number of guanidine groups is 1. The quantitative estimate of drug-likeness (QED) is 0.245. The lowest BCUT2D eigenvalue weighted by molar-refractivity contribution is -0.137. The van der Waals surface area contributed by atoms with E-state index < -0.39 is 12.0 Å². The van der Waals surface area contributed by atoms with Gasteiger partial charge in [-0.25, -0.2) is 19.8 Å². The first-order valence-electron chi connectivity index (χ1n) is 9.21. The minimum absolute atomic E-state index is 0.0217. The van der Waals surface area contributed by atoms with Gasteiger partial charge in [0.25, 0.3) is 5.91 Å². The zero-order valence-electron chi connectivity index (χ0n) is 16.4. The highest BCUT2D eigenvalue weighted by Crippen LogP contribution is 2.29. The van der Waals surface area contributed by atoms with E-state index in [9.17, 15) is 14.7 Å². The van der Waals surface area contributed by atoms with Gasteiger partial charge in [-0.15, -0.1) is 11.3 Å². The molecular formula is C20H21N7O3S. The summed E-state index contributed by atoms with van der Waals surface area (Å²) in [5, 5.41) is 14.7. The summed E-state index contributed by atoms with van der Waals surface area (Å²) in [6.45, 7) is 0.233. The predicted molar refractivity (Wildman–Crippen MR) is 119 cm³/mol. The van der Waals surface area contributed by atoms with E-state index in [1.54, 1.807) is 12.1 Å². The molecule has 10 nitrogen and oxygen atoms in total. The van der Waals surface area contributed by atoms with E-state index >= 15 is 0 Å². The van der Waals surface area contributed by atoms with Gasteiger partial charge in [0.2, 0.25) is 5.95 Å². The standard InChI is InChI=1S/C20H21N7O3S/c21-19(22)26-10-12-3-1-4-13(9-12)15-5-6-16(31-15)17(28)25-11-14(18(29)30)27-20-23-7-2-8-24-20/h1-9,14H,10-11H2,(H,25,28)(H,29,30)(H4,21,22,26)(H,23,24,27)/t14-/m0/s1. The first-order valence-corrected chi connectivity index (χ1v) is 10.0. The highest BCUT2D eigenvalue weighted by atomic mass is 32.1. The molecule has 31 heavy (non-hydrogen) atoms. The van der Waals surface area contributed by atoms with Crippen molar-refractivity contribution in [2.75, 3.05) is 11.9 Å². The maximum absolute atomic E-state index is 12.5. The molecule has 0 radical (unpaired) electrons. The Hall–Kier alpha value is -3.99. The smallest absolute Gasteiger partial charge is 0.328 e. The Kier molecular flexibility index (Phi) is 7.12. The first-order chi connectivity index (χ1) is 14.9. The van der Waals surface area contributed by atoms with Gasteiger partial charge in [-0.2, -0.15) is 0 Å². The van der Waals surface area contributed by atoms with Crippen molar-refractivity contribution in [3.05, 3.63) is 65.3 Å². The van der Waals surface area contributed by atoms with Crippen molar-refractivity contribution in [3.63, 3.8) is 0 Å². The molecule has 0 aliphatic rings. The number of rotatable bonds is 9. The molecule has 11 heteroatoms. The number of carboxylic acid groups (broad SMARTS) is 1. The largest absolute Gasteiger partial charge is 0.480 e. The number of nitrogens with one attached hydrogen (secondary N) is 2. The fraction of sp³-hybridized carbons (Fsp3) is 0.150. The summed E-state index contributed by atoms with van der Waals surface area (Å²) in [5.74, 6) is -1.30. The number of carbonyl (C=O) groups excluding carboxylic acids is 1. The number of nitrogens with zero attached hydrogens (tertiary/aromatic N) is 3. The van der Waals surface area contributed by atoms with Gasteiger partial charge in [0.15, 0.2) is 5.96 Å². The van der Waals surface area contributed by atoms with E-state index in [-0.39, 0.29) is 24.4 Å². The number of hydrogen-bond acceptors (Lipinski definition) is 7. The second-order valence-electron chi connectivity index (χ2n) is 6.42. The molecule has 3 rings (SSSR count). The van der Waals surface area contributed by atoms with Crippen molar-refractivity contribution in [2.45, 2.75) is 12.6 Å². The number of carbonyl (C=O) groups is 2. The van der Waals surface area contributed by atoms with E-state index in [2.05, 4.69) is 25.6 Å². The van der Waals surface area contributed by atoms with E-state index in [0.29, 0.717) is 11.4 Å². The van der Waals surface area contributed by atoms with Crippen LogP contribution in [0.4, 0.5) is 5.95 Å². The number of anilines is 1. The number of hydrogen-bond donors (Lipinski definition) is 5.